The van der Waals surface area contributed by atoms with Crippen LogP contribution in [0.4, 0.5) is 0 Å². The lowest BCUT2D eigenvalue weighted by molar-refractivity contribution is -0.119. The summed E-state index contributed by atoms with van der Waals surface area (Å²) in [4.78, 5) is 23.3. The van der Waals surface area contributed by atoms with Gasteiger partial charge in [-0.15, -0.1) is 15.0 Å². The van der Waals surface area contributed by atoms with Crippen LogP contribution in [0.3, 0.4) is 0 Å². The van der Waals surface area contributed by atoms with Gasteiger partial charge in [0.2, 0.25) is 0 Å². The predicted molar refractivity (Wildman–Crippen MR) is 114 cm³/mol. The molecule has 11 heteroatoms. The molecule has 29 heavy (non-hydrogen) atoms. The van der Waals surface area contributed by atoms with E-state index < -0.39 is 12.2 Å². The standard InChI is InChI=1S/C18H31N3O6S2/c1-4-5-7-25-16-19-17(21-18(20-16)27-10-13(2)22)26-8-6-9-29-12-15(24)14(23)11-28-3/h14-15,23-24H,4-12H2,1-3H3. The van der Waals surface area contributed by atoms with Crippen molar-refractivity contribution in [2.75, 3.05) is 43.3 Å². The maximum absolute atomic E-state index is 11.1. The van der Waals surface area contributed by atoms with Gasteiger partial charge in [0, 0.05) is 11.5 Å². The number of nitrogens with zero attached hydrogens (tertiary/aromatic N) is 3. The number of unbranched alkanes of at least 4 members (excludes halogenated alkanes) is 1. The quantitative estimate of drug-likeness (QED) is 0.337. The number of hydrogen-bond acceptors (Lipinski definition) is 11. The number of rotatable bonds is 17. The van der Waals surface area contributed by atoms with Crippen molar-refractivity contribution in [3.63, 3.8) is 0 Å². The fourth-order valence-corrected chi connectivity index (χ4v) is 3.43. The van der Waals surface area contributed by atoms with E-state index in [4.69, 9.17) is 14.2 Å². The molecule has 0 aromatic carbocycles. The number of carbonyl (C=O) groups is 1. The number of carbonyl (C=O) groups excluding carboxylic acids is 1. The normalized spacial score (nSPS) is 13.0. The molecule has 2 atom stereocenters. The number of aliphatic hydroxyl groups excluding tert-OH is 2. The van der Waals surface area contributed by atoms with E-state index in [9.17, 15) is 15.0 Å². The van der Waals surface area contributed by atoms with Gasteiger partial charge in [0.25, 0.3) is 0 Å². The van der Waals surface area contributed by atoms with Crippen LogP contribution >= 0.6 is 23.5 Å². The zero-order valence-electron chi connectivity index (χ0n) is 17.2. The molecule has 0 saturated carbocycles. The number of aromatic nitrogens is 3. The molecule has 2 N–H and O–H groups in total. The molecule has 2 unspecified atom stereocenters. The van der Waals surface area contributed by atoms with Gasteiger partial charge in [-0.1, -0.05) is 13.3 Å². The van der Waals surface area contributed by atoms with Gasteiger partial charge in [-0.05, 0) is 31.8 Å². The molecule has 9 nitrogen and oxygen atoms in total. The highest BCUT2D eigenvalue weighted by atomic mass is 32.2. The van der Waals surface area contributed by atoms with Crippen LogP contribution in [0.1, 0.15) is 33.1 Å². The number of Topliss-reactive ketones (excluding diaryl/α,β-unsaturated/α-hetero) is 1. The summed E-state index contributed by atoms with van der Waals surface area (Å²) in [6, 6.07) is 0.157. The lowest BCUT2D eigenvalue weighted by Gasteiger charge is -2.16. The maximum Gasteiger partial charge on any atom is 0.326 e. The Kier molecular flexibility index (Phi) is 13.8. The highest BCUT2D eigenvalue weighted by Gasteiger charge is 2.15. The van der Waals surface area contributed by atoms with Crippen LogP contribution in [-0.2, 0) is 4.79 Å². The van der Waals surface area contributed by atoms with Crippen molar-refractivity contribution in [2.24, 2.45) is 0 Å². The van der Waals surface area contributed by atoms with E-state index in [-0.39, 0.29) is 30.4 Å². The molecule has 0 fully saturated rings. The van der Waals surface area contributed by atoms with Crippen molar-refractivity contribution in [1.29, 1.82) is 0 Å². The third-order valence-electron chi connectivity index (χ3n) is 3.44. The molecule has 1 heterocycles. The van der Waals surface area contributed by atoms with Crippen molar-refractivity contribution < 1.29 is 29.2 Å². The third-order valence-corrected chi connectivity index (χ3v) is 5.27. The summed E-state index contributed by atoms with van der Waals surface area (Å²) >= 11 is 3.04. The van der Waals surface area contributed by atoms with E-state index in [0.717, 1.165) is 18.6 Å². The Hall–Kier alpha value is -1.30. The Morgan fingerprint density at radius 1 is 0.966 bits per heavy atom. The molecule has 0 bridgehead atoms. The second-order valence-electron chi connectivity index (χ2n) is 6.24. The minimum Gasteiger partial charge on any atom is -0.463 e. The summed E-state index contributed by atoms with van der Waals surface area (Å²) in [6.07, 6.45) is 2.98. The van der Waals surface area contributed by atoms with Crippen LogP contribution in [0.25, 0.3) is 0 Å². The Morgan fingerprint density at radius 2 is 1.52 bits per heavy atom. The zero-order valence-corrected chi connectivity index (χ0v) is 18.8. The Morgan fingerprint density at radius 3 is 2.07 bits per heavy atom. The van der Waals surface area contributed by atoms with E-state index in [1.165, 1.54) is 18.7 Å². The Balaban J connectivity index is 2.44. The van der Waals surface area contributed by atoms with E-state index >= 15 is 0 Å². The first kappa shape index (κ1) is 25.7. The molecule has 0 radical (unpaired) electrons. The average molecular weight is 450 g/mol. The van der Waals surface area contributed by atoms with Gasteiger partial charge in [-0.3, -0.25) is 4.79 Å². The molecule has 0 aliphatic rings. The SMILES string of the molecule is CCCCOc1nc(OCCCSCC(O)C(O)CSC)nc(OCC(C)=O)n1. The topological polar surface area (TPSA) is 124 Å². The van der Waals surface area contributed by atoms with Crippen LogP contribution < -0.4 is 14.2 Å². The fraction of sp³-hybridized carbons (Fsp3) is 0.778. The summed E-state index contributed by atoms with van der Waals surface area (Å²) in [5.41, 5.74) is 0. The van der Waals surface area contributed by atoms with Crippen molar-refractivity contribution >= 4 is 29.3 Å². The average Bonchev–Trinajstić information content (AvgIpc) is 2.69. The van der Waals surface area contributed by atoms with Gasteiger partial charge in [0.15, 0.2) is 5.78 Å². The van der Waals surface area contributed by atoms with Gasteiger partial charge < -0.3 is 24.4 Å². The van der Waals surface area contributed by atoms with Gasteiger partial charge in [0.05, 0.1) is 25.4 Å². The monoisotopic (exact) mass is 449 g/mol. The van der Waals surface area contributed by atoms with Crippen molar-refractivity contribution in [1.82, 2.24) is 15.0 Å². The largest absolute Gasteiger partial charge is 0.463 e. The highest BCUT2D eigenvalue weighted by molar-refractivity contribution is 7.99. The second kappa shape index (κ2) is 15.5. The molecule has 0 amide bonds. The highest BCUT2D eigenvalue weighted by Crippen LogP contribution is 2.16. The van der Waals surface area contributed by atoms with Crippen LogP contribution in [0.5, 0.6) is 18.0 Å². The van der Waals surface area contributed by atoms with Gasteiger partial charge in [-0.2, -0.15) is 23.5 Å². The third kappa shape index (κ3) is 12.1. The van der Waals surface area contributed by atoms with E-state index in [2.05, 4.69) is 15.0 Å². The Bertz CT molecular complexity index is 597. The van der Waals surface area contributed by atoms with E-state index in [1.54, 1.807) is 11.8 Å². The van der Waals surface area contributed by atoms with Gasteiger partial charge in [0.1, 0.15) is 6.61 Å². The number of ketones is 1. The molecule has 1 aromatic heterocycles. The minimum atomic E-state index is -0.735. The summed E-state index contributed by atoms with van der Waals surface area (Å²) in [6.45, 7) is 4.15. The minimum absolute atomic E-state index is 0.0167. The molecule has 0 aliphatic heterocycles. The number of aliphatic hydroxyl groups is 2. The molecule has 0 saturated heterocycles. The molecule has 0 spiro atoms. The van der Waals surface area contributed by atoms with Crippen LogP contribution in [0, 0.1) is 0 Å². The van der Waals surface area contributed by atoms with Crippen molar-refractivity contribution in [3.05, 3.63) is 0 Å². The number of hydrogen-bond donors (Lipinski definition) is 2. The fourth-order valence-electron chi connectivity index (χ4n) is 1.91. The molecular weight excluding hydrogens is 418 g/mol. The van der Waals surface area contributed by atoms with E-state index in [0.29, 0.717) is 31.1 Å². The van der Waals surface area contributed by atoms with Crippen molar-refractivity contribution in [2.45, 2.75) is 45.3 Å². The number of ether oxygens (including phenoxy) is 3. The van der Waals surface area contributed by atoms with E-state index in [1.807, 2.05) is 13.2 Å². The molecule has 1 rings (SSSR count). The lowest BCUT2D eigenvalue weighted by Crippen LogP contribution is -2.30. The van der Waals surface area contributed by atoms with Gasteiger partial charge in [-0.25, -0.2) is 0 Å². The maximum atomic E-state index is 11.1. The Labute approximate surface area is 180 Å². The lowest BCUT2D eigenvalue weighted by atomic mass is 10.3. The first-order chi connectivity index (χ1) is 14.0. The number of thioether (sulfide) groups is 2. The first-order valence-electron chi connectivity index (χ1n) is 9.53. The van der Waals surface area contributed by atoms with Crippen LogP contribution in [0.2, 0.25) is 0 Å². The first-order valence-corrected chi connectivity index (χ1v) is 12.1. The molecule has 1 aromatic rings. The smallest absolute Gasteiger partial charge is 0.326 e. The summed E-state index contributed by atoms with van der Waals surface area (Å²) in [7, 11) is 0. The van der Waals surface area contributed by atoms with Crippen LogP contribution in [0.15, 0.2) is 0 Å². The second-order valence-corrected chi connectivity index (χ2v) is 8.30. The zero-order chi connectivity index (χ0) is 21.5. The summed E-state index contributed by atoms with van der Waals surface area (Å²) < 4.78 is 16.3. The predicted octanol–water partition coefficient (Wildman–Crippen LogP) is 1.61. The summed E-state index contributed by atoms with van der Waals surface area (Å²) in [5.74, 6) is 1.58. The van der Waals surface area contributed by atoms with Gasteiger partial charge >= 0.3 is 18.0 Å². The van der Waals surface area contributed by atoms with Crippen LogP contribution in [-0.4, -0.2) is 86.5 Å². The molecule has 166 valence electrons. The van der Waals surface area contributed by atoms with Crippen molar-refractivity contribution in [3.8, 4) is 18.0 Å². The summed E-state index contributed by atoms with van der Waals surface area (Å²) in [5, 5.41) is 19.5. The molecular formula is C18H31N3O6S2. The molecule has 0 aliphatic carbocycles.